The van der Waals surface area contributed by atoms with Crippen molar-refractivity contribution in [1.82, 2.24) is 10.0 Å². The average Bonchev–Trinajstić information content (AvgIpc) is 3.03. The fraction of sp³-hybridized carbons (Fsp3) is 0.400. The molecule has 29 heavy (non-hydrogen) atoms. The van der Waals surface area contributed by atoms with Gasteiger partial charge in [-0.15, -0.1) is 0 Å². The van der Waals surface area contributed by atoms with Crippen LogP contribution in [0.3, 0.4) is 0 Å². The van der Waals surface area contributed by atoms with Crippen LogP contribution in [0.2, 0.25) is 0 Å². The second kappa shape index (κ2) is 8.42. The predicted octanol–water partition coefficient (Wildman–Crippen LogP) is 6.25. The van der Waals surface area contributed by atoms with Gasteiger partial charge in [0.2, 0.25) is 0 Å². The minimum Gasteiger partial charge on any atom is -0.442 e. The second-order valence-electron chi connectivity index (χ2n) is 8.54. The van der Waals surface area contributed by atoms with E-state index < -0.39 is 5.60 Å². The summed E-state index contributed by atoms with van der Waals surface area (Å²) >= 11 is 0. The minimum absolute atomic E-state index is 0.252. The van der Waals surface area contributed by atoms with E-state index in [-0.39, 0.29) is 11.6 Å². The highest BCUT2D eigenvalue weighted by molar-refractivity contribution is 5.84. The molecule has 0 atom stereocenters. The number of carbonyl (C=O) groups excluding carboxylic acids is 1. The van der Waals surface area contributed by atoms with E-state index in [1.807, 2.05) is 69.3 Å². The van der Waals surface area contributed by atoms with Crippen LogP contribution in [0.5, 0.6) is 0 Å². The molecule has 0 saturated heterocycles. The van der Waals surface area contributed by atoms with Crippen LogP contribution >= 0.6 is 0 Å². The van der Waals surface area contributed by atoms with E-state index in [4.69, 9.17) is 4.74 Å². The Morgan fingerprint density at radius 2 is 1.48 bits per heavy atom. The van der Waals surface area contributed by atoms with E-state index in [0.29, 0.717) is 6.54 Å². The van der Waals surface area contributed by atoms with E-state index in [1.165, 1.54) is 0 Å². The molecule has 0 radical (unpaired) electrons. The summed E-state index contributed by atoms with van der Waals surface area (Å²) in [6, 6.07) is 20.4. The van der Waals surface area contributed by atoms with Crippen molar-refractivity contribution < 1.29 is 9.53 Å². The van der Waals surface area contributed by atoms with Crippen molar-refractivity contribution >= 4 is 11.8 Å². The molecule has 4 nitrogen and oxygen atoms in total. The Morgan fingerprint density at radius 3 is 2.00 bits per heavy atom. The molecule has 0 spiro atoms. The number of hydrogen-bond donors (Lipinski definition) is 0. The minimum atomic E-state index is -0.568. The quantitative estimate of drug-likeness (QED) is 0.602. The van der Waals surface area contributed by atoms with Crippen molar-refractivity contribution in [3.63, 3.8) is 0 Å². The van der Waals surface area contributed by atoms with Gasteiger partial charge in [0, 0.05) is 6.54 Å². The molecule has 1 aliphatic heterocycles. The molecular weight excluding hydrogens is 360 g/mol. The van der Waals surface area contributed by atoms with Gasteiger partial charge in [0.15, 0.2) is 0 Å². The fourth-order valence-electron chi connectivity index (χ4n) is 3.84. The third-order valence-electron chi connectivity index (χ3n) is 5.42. The highest BCUT2D eigenvalue weighted by atomic mass is 16.6. The summed E-state index contributed by atoms with van der Waals surface area (Å²) < 4.78 is 5.83. The lowest BCUT2D eigenvalue weighted by Crippen LogP contribution is -2.52. The topological polar surface area (TPSA) is 32.8 Å². The molecule has 4 heteroatoms. The zero-order valence-corrected chi connectivity index (χ0v) is 18.2. The summed E-state index contributed by atoms with van der Waals surface area (Å²) in [5.74, 6) is 0. The van der Waals surface area contributed by atoms with Gasteiger partial charge in [-0.25, -0.2) is 9.80 Å². The monoisotopic (exact) mass is 392 g/mol. The zero-order valence-electron chi connectivity index (χ0n) is 18.2. The maximum atomic E-state index is 13.4. The summed E-state index contributed by atoms with van der Waals surface area (Å²) in [6.07, 6.45) is 3.69. The largest absolute Gasteiger partial charge is 0.442 e. The average molecular weight is 393 g/mol. The smallest absolute Gasteiger partial charge is 0.429 e. The Balaban J connectivity index is 2.09. The molecule has 0 N–H and O–H groups in total. The third-order valence-corrected chi connectivity index (χ3v) is 5.42. The summed E-state index contributed by atoms with van der Waals surface area (Å²) in [5.41, 5.74) is 2.24. The molecule has 1 heterocycles. The van der Waals surface area contributed by atoms with Crippen LogP contribution in [-0.2, 0) is 11.3 Å². The van der Waals surface area contributed by atoms with Gasteiger partial charge in [-0.3, -0.25) is 0 Å². The first-order valence-corrected chi connectivity index (χ1v) is 10.4. The molecular formula is C25H32N2O2. The Bertz CT molecular complexity index is 849. The maximum absolute atomic E-state index is 13.4. The molecule has 0 saturated carbocycles. The van der Waals surface area contributed by atoms with E-state index in [1.54, 1.807) is 5.01 Å². The third kappa shape index (κ3) is 4.54. The Morgan fingerprint density at radius 1 is 0.931 bits per heavy atom. The molecule has 0 bridgehead atoms. The molecule has 1 aliphatic rings. The Kier molecular flexibility index (Phi) is 6.13. The molecule has 0 aromatic heterocycles. The van der Waals surface area contributed by atoms with E-state index in [0.717, 1.165) is 29.7 Å². The number of nitrogens with zero attached hydrogens (tertiary/aromatic N) is 2. The number of benzene rings is 2. The molecule has 1 amide bonds. The first-order valence-electron chi connectivity index (χ1n) is 10.4. The lowest BCUT2D eigenvalue weighted by Gasteiger charge is -2.41. The zero-order chi connectivity index (χ0) is 21.1. The van der Waals surface area contributed by atoms with Crippen LogP contribution in [0.1, 0.15) is 58.6 Å². The van der Waals surface area contributed by atoms with Crippen molar-refractivity contribution in [2.45, 2.75) is 65.1 Å². The maximum Gasteiger partial charge on any atom is 0.429 e. The second-order valence-corrected chi connectivity index (χ2v) is 8.54. The van der Waals surface area contributed by atoms with Gasteiger partial charge in [0.25, 0.3) is 0 Å². The molecule has 0 unspecified atom stereocenters. The van der Waals surface area contributed by atoms with Crippen molar-refractivity contribution in [3.05, 3.63) is 77.9 Å². The summed E-state index contributed by atoms with van der Waals surface area (Å²) in [5, 5.41) is 3.93. The Labute approximate surface area is 174 Å². The van der Waals surface area contributed by atoms with Crippen LogP contribution in [0.4, 0.5) is 4.79 Å². The standard InChI is InChI=1S/C25H32N2O2/c1-6-25(7-2)18-22(21-16-12-9-13-17-21)27(23(28)29-24(3,4)5)26(25)19-20-14-10-8-11-15-20/h8-18H,6-7,19H2,1-5H3. The Hall–Kier alpha value is -2.59. The summed E-state index contributed by atoms with van der Waals surface area (Å²) in [4.78, 5) is 13.4. The van der Waals surface area contributed by atoms with E-state index in [2.05, 4.69) is 37.1 Å². The molecule has 154 valence electrons. The number of ether oxygens (including phenoxy) is 1. The predicted molar refractivity (Wildman–Crippen MR) is 118 cm³/mol. The van der Waals surface area contributed by atoms with Gasteiger partial charge < -0.3 is 4.74 Å². The van der Waals surface area contributed by atoms with E-state index >= 15 is 0 Å². The van der Waals surface area contributed by atoms with Gasteiger partial charge in [0.05, 0.1) is 11.2 Å². The molecule has 0 fully saturated rings. The van der Waals surface area contributed by atoms with Crippen molar-refractivity contribution in [2.24, 2.45) is 0 Å². The van der Waals surface area contributed by atoms with Crippen LogP contribution in [0, 0.1) is 0 Å². The summed E-state index contributed by atoms with van der Waals surface area (Å²) in [6.45, 7) is 10.7. The molecule has 3 rings (SSSR count). The summed E-state index contributed by atoms with van der Waals surface area (Å²) in [7, 11) is 0. The van der Waals surface area contributed by atoms with Crippen LogP contribution in [-0.4, -0.2) is 27.3 Å². The lowest BCUT2D eigenvalue weighted by molar-refractivity contribution is -0.0567. The van der Waals surface area contributed by atoms with E-state index in [9.17, 15) is 4.79 Å². The lowest BCUT2D eigenvalue weighted by atomic mass is 9.91. The highest BCUT2D eigenvalue weighted by Gasteiger charge is 2.46. The van der Waals surface area contributed by atoms with Gasteiger partial charge in [0.1, 0.15) is 5.60 Å². The van der Waals surface area contributed by atoms with Gasteiger partial charge >= 0.3 is 6.09 Å². The molecule has 0 aliphatic carbocycles. The number of hydrazine groups is 1. The van der Waals surface area contributed by atoms with Crippen molar-refractivity contribution in [3.8, 4) is 0 Å². The van der Waals surface area contributed by atoms with Gasteiger partial charge in [-0.2, -0.15) is 5.01 Å². The van der Waals surface area contributed by atoms with Crippen LogP contribution in [0.15, 0.2) is 66.7 Å². The number of amides is 1. The molecule has 2 aromatic carbocycles. The van der Waals surface area contributed by atoms with Gasteiger partial charge in [-0.05, 0) is 50.8 Å². The first kappa shape index (κ1) is 21.1. The molecule has 2 aromatic rings. The highest BCUT2D eigenvalue weighted by Crippen LogP contribution is 2.42. The normalized spacial score (nSPS) is 16.6. The van der Waals surface area contributed by atoms with Crippen LogP contribution < -0.4 is 0 Å². The first-order chi connectivity index (χ1) is 13.8. The van der Waals surface area contributed by atoms with Crippen molar-refractivity contribution in [2.75, 3.05) is 0 Å². The number of rotatable bonds is 5. The number of hydrogen-bond acceptors (Lipinski definition) is 3. The van der Waals surface area contributed by atoms with Crippen molar-refractivity contribution in [1.29, 1.82) is 0 Å². The SMILES string of the molecule is CCC1(CC)C=C(c2ccccc2)N(C(=O)OC(C)(C)C)N1Cc1ccccc1. The fourth-order valence-corrected chi connectivity index (χ4v) is 3.84. The van der Waals surface area contributed by atoms with Crippen LogP contribution in [0.25, 0.3) is 5.70 Å². The van der Waals surface area contributed by atoms with Gasteiger partial charge in [-0.1, -0.05) is 74.5 Å². The number of carbonyl (C=O) groups is 1.